The molecule has 0 saturated heterocycles. The maximum Gasteiger partial charge on any atom is 0.0488 e. The van der Waals surface area contributed by atoms with Crippen LogP contribution in [0.4, 0.5) is 0 Å². The lowest BCUT2D eigenvalue weighted by Gasteiger charge is -2.05. The zero-order valence-electron chi connectivity index (χ0n) is 10.7. The van der Waals surface area contributed by atoms with Crippen LogP contribution in [0.25, 0.3) is 0 Å². The average molecular weight is 232 g/mol. The van der Waals surface area contributed by atoms with Crippen LogP contribution in [-0.4, -0.2) is 38.1 Å². The molecule has 1 N–H and O–H groups in total. The Kier molecular flexibility index (Phi) is 14.8. The Morgan fingerprint density at radius 3 is 1.88 bits per heavy atom. The molecule has 0 amide bonds. The number of unbranched alkanes of at least 4 members (excludes halogenated alkanes) is 4. The molecular weight excluding hydrogens is 204 g/mol. The summed E-state index contributed by atoms with van der Waals surface area (Å²) in [6.07, 6.45) is 8.15. The maximum atomic E-state index is 8.52. The lowest BCUT2D eigenvalue weighted by Crippen LogP contribution is -2.04. The van der Waals surface area contributed by atoms with Crippen molar-refractivity contribution in [3.05, 3.63) is 0 Å². The average Bonchev–Trinajstić information content (AvgIpc) is 2.31. The van der Waals surface area contributed by atoms with E-state index >= 15 is 0 Å². The maximum absolute atomic E-state index is 8.52. The van der Waals surface area contributed by atoms with Gasteiger partial charge in [0.15, 0.2) is 0 Å². The number of ether oxygens (including phenoxy) is 2. The second-order valence-electron chi connectivity index (χ2n) is 4.07. The minimum Gasteiger partial charge on any atom is -0.396 e. The van der Waals surface area contributed by atoms with E-state index in [4.69, 9.17) is 14.6 Å². The van der Waals surface area contributed by atoms with Gasteiger partial charge in [-0.05, 0) is 19.3 Å². The number of aliphatic hydroxyl groups excluding tert-OH is 1. The standard InChI is InChI=1S/C13H28O3/c1-2-3-4-5-6-10-15-12-8-13-16-11-7-9-14/h14H,2-13H2,1H3. The normalized spacial score (nSPS) is 10.9. The first kappa shape index (κ1) is 15.9. The second-order valence-corrected chi connectivity index (χ2v) is 4.07. The van der Waals surface area contributed by atoms with Gasteiger partial charge in [0.1, 0.15) is 0 Å². The van der Waals surface area contributed by atoms with Crippen molar-refractivity contribution in [2.24, 2.45) is 0 Å². The van der Waals surface area contributed by atoms with Crippen molar-refractivity contribution < 1.29 is 14.6 Å². The molecule has 0 aliphatic rings. The fraction of sp³-hybridized carbons (Fsp3) is 1.00. The molecule has 16 heavy (non-hydrogen) atoms. The van der Waals surface area contributed by atoms with Crippen LogP contribution in [0, 0.1) is 0 Å². The van der Waals surface area contributed by atoms with E-state index < -0.39 is 0 Å². The first-order chi connectivity index (χ1) is 7.91. The van der Waals surface area contributed by atoms with Gasteiger partial charge in [0, 0.05) is 33.0 Å². The summed E-state index contributed by atoms with van der Waals surface area (Å²) in [7, 11) is 0. The molecule has 0 aromatic heterocycles. The molecule has 0 rings (SSSR count). The van der Waals surface area contributed by atoms with Gasteiger partial charge in [-0.2, -0.15) is 0 Å². The number of aliphatic hydroxyl groups is 1. The third-order valence-corrected chi connectivity index (χ3v) is 2.42. The highest BCUT2D eigenvalue weighted by Gasteiger charge is 1.92. The van der Waals surface area contributed by atoms with E-state index in [1.54, 1.807) is 0 Å². The molecule has 0 saturated carbocycles. The third-order valence-electron chi connectivity index (χ3n) is 2.42. The van der Waals surface area contributed by atoms with E-state index in [2.05, 4.69) is 6.92 Å². The molecular formula is C13H28O3. The van der Waals surface area contributed by atoms with Gasteiger partial charge in [-0.25, -0.2) is 0 Å². The van der Waals surface area contributed by atoms with Gasteiger partial charge in [0.05, 0.1) is 0 Å². The van der Waals surface area contributed by atoms with E-state index in [0.717, 1.165) is 32.7 Å². The molecule has 98 valence electrons. The Hall–Kier alpha value is -0.120. The summed E-state index contributed by atoms with van der Waals surface area (Å²) in [4.78, 5) is 0. The van der Waals surface area contributed by atoms with Crippen molar-refractivity contribution in [3.8, 4) is 0 Å². The minimum absolute atomic E-state index is 0.217. The minimum atomic E-state index is 0.217. The van der Waals surface area contributed by atoms with E-state index in [1.165, 1.54) is 32.1 Å². The molecule has 0 aromatic carbocycles. The highest BCUT2D eigenvalue weighted by atomic mass is 16.5. The van der Waals surface area contributed by atoms with Crippen molar-refractivity contribution in [2.75, 3.05) is 33.0 Å². The summed E-state index contributed by atoms with van der Waals surface area (Å²) in [5.41, 5.74) is 0. The van der Waals surface area contributed by atoms with Crippen LogP contribution in [-0.2, 0) is 9.47 Å². The summed E-state index contributed by atoms with van der Waals surface area (Å²) in [6.45, 7) is 5.54. The van der Waals surface area contributed by atoms with Gasteiger partial charge in [-0.1, -0.05) is 32.6 Å². The fourth-order valence-corrected chi connectivity index (χ4v) is 1.44. The van der Waals surface area contributed by atoms with E-state index in [9.17, 15) is 0 Å². The van der Waals surface area contributed by atoms with E-state index in [1.807, 2.05) is 0 Å². The molecule has 3 nitrogen and oxygen atoms in total. The largest absolute Gasteiger partial charge is 0.396 e. The van der Waals surface area contributed by atoms with E-state index in [0.29, 0.717) is 6.61 Å². The van der Waals surface area contributed by atoms with Crippen molar-refractivity contribution in [2.45, 2.75) is 51.9 Å². The van der Waals surface area contributed by atoms with Gasteiger partial charge in [0.2, 0.25) is 0 Å². The molecule has 0 aliphatic heterocycles. The highest BCUT2D eigenvalue weighted by molar-refractivity contribution is 4.42. The Morgan fingerprint density at radius 2 is 1.25 bits per heavy atom. The molecule has 0 bridgehead atoms. The number of rotatable bonds is 13. The molecule has 0 aromatic rings. The summed E-state index contributed by atoms with van der Waals surface area (Å²) >= 11 is 0. The smallest absolute Gasteiger partial charge is 0.0488 e. The van der Waals surface area contributed by atoms with Crippen molar-refractivity contribution >= 4 is 0 Å². The summed E-state index contributed by atoms with van der Waals surface area (Å²) in [5, 5.41) is 8.52. The summed E-state index contributed by atoms with van der Waals surface area (Å²) in [6, 6.07) is 0. The van der Waals surface area contributed by atoms with Crippen molar-refractivity contribution in [3.63, 3.8) is 0 Å². The molecule has 0 atom stereocenters. The molecule has 0 fully saturated rings. The first-order valence-corrected chi connectivity index (χ1v) is 6.68. The zero-order valence-corrected chi connectivity index (χ0v) is 10.7. The summed E-state index contributed by atoms with van der Waals surface area (Å²) < 4.78 is 10.8. The topological polar surface area (TPSA) is 38.7 Å². The van der Waals surface area contributed by atoms with Crippen LogP contribution in [0.2, 0.25) is 0 Å². The van der Waals surface area contributed by atoms with Crippen LogP contribution in [0.3, 0.4) is 0 Å². The van der Waals surface area contributed by atoms with Gasteiger partial charge < -0.3 is 14.6 Å². The van der Waals surface area contributed by atoms with Crippen LogP contribution < -0.4 is 0 Å². The number of hydrogen-bond acceptors (Lipinski definition) is 3. The monoisotopic (exact) mass is 232 g/mol. The van der Waals surface area contributed by atoms with Crippen LogP contribution in [0.15, 0.2) is 0 Å². The Morgan fingerprint density at radius 1 is 0.688 bits per heavy atom. The fourth-order valence-electron chi connectivity index (χ4n) is 1.44. The Labute approximate surface area is 100 Å². The Balaban J connectivity index is 2.83. The molecule has 0 heterocycles. The molecule has 0 radical (unpaired) electrons. The quantitative estimate of drug-likeness (QED) is 0.496. The third kappa shape index (κ3) is 13.9. The highest BCUT2D eigenvalue weighted by Crippen LogP contribution is 2.02. The second kappa shape index (κ2) is 14.9. The SMILES string of the molecule is CCCCCCCOCCCOCCCO. The molecule has 3 heteroatoms. The van der Waals surface area contributed by atoms with Crippen LogP contribution in [0.5, 0.6) is 0 Å². The predicted octanol–water partition coefficient (Wildman–Crippen LogP) is 2.76. The lowest BCUT2D eigenvalue weighted by atomic mass is 10.2. The van der Waals surface area contributed by atoms with Gasteiger partial charge in [0.25, 0.3) is 0 Å². The molecule has 0 spiro atoms. The van der Waals surface area contributed by atoms with Crippen molar-refractivity contribution in [1.29, 1.82) is 0 Å². The van der Waals surface area contributed by atoms with Gasteiger partial charge in [-0.15, -0.1) is 0 Å². The predicted molar refractivity (Wildman–Crippen MR) is 66.7 cm³/mol. The first-order valence-electron chi connectivity index (χ1n) is 6.68. The van der Waals surface area contributed by atoms with Gasteiger partial charge in [-0.3, -0.25) is 0 Å². The summed E-state index contributed by atoms with van der Waals surface area (Å²) in [5.74, 6) is 0. The molecule has 0 unspecified atom stereocenters. The van der Waals surface area contributed by atoms with E-state index in [-0.39, 0.29) is 6.61 Å². The molecule has 0 aliphatic carbocycles. The van der Waals surface area contributed by atoms with Crippen molar-refractivity contribution in [1.82, 2.24) is 0 Å². The lowest BCUT2D eigenvalue weighted by molar-refractivity contribution is 0.0748. The zero-order chi connectivity index (χ0) is 11.9. The van der Waals surface area contributed by atoms with Gasteiger partial charge >= 0.3 is 0 Å². The number of hydrogen-bond donors (Lipinski definition) is 1. The van der Waals surface area contributed by atoms with Crippen LogP contribution in [0.1, 0.15) is 51.9 Å². The Bertz CT molecular complexity index is 104. The van der Waals surface area contributed by atoms with Crippen LogP contribution >= 0.6 is 0 Å².